The Bertz CT molecular complexity index is 732. The van der Waals surface area contributed by atoms with Gasteiger partial charge in [-0.25, -0.2) is 0 Å². The second kappa shape index (κ2) is 8.99. The molecule has 1 aliphatic heterocycles. The van der Waals surface area contributed by atoms with Crippen LogP contribution < -0.4 is 0 Å². The van der Waals surface area contributed by atoms with E-state index in [4.69, 9.17) is 0 Å². The summed E-state index contributed by atoms with van der Waals surface area (Å²) >= 11 is 0. The normalized spacial score (nSPS) is 16.3. The van der Waals surface area contributed by atoms with Gasteiger partial charge in [-0.15, -0.1) is 0 Å². The molecule has 1 N–H and O–H groups in total. The molecular formula is C20H25N3O3. The number of hydrogen-bond acceptors (Lipinski definition) is 4. The lowest BCUT2D eigenvalue weighted by molar-refractivity contribution is -0.133. The molecule has 1 aromatic heterocycles. The van der Waals surface area contributed by atoms with Crippen molar-refractivity contribution in [3.05, 3.63) is 59.9 Å². The molecule has 2 aromatic rings. The van der Waals surface area contributed by atoms with E-state index in [1.165, 1.54) is 5.56 Å². The summed E-state index contributed by atoms with van der Waals surface area (Å²) in [4.78, 5) is 31.0. The summed E-state index contributed by atoms with van der Waals surface area (Å²) in [5.74, 6) is 0.0861. The minimum atomic E-state index is -0.368. The van der Waals surface area contributed by atoms with E-state index in [0.717, 1.165) is 12.0 Å². The summed E-state index contributed by atoms with van der Waals surface area (Å²) in [6.07, 6.45) is 4.44. The predicted molar refractivity (Wildman–Crippen MR) is 99.2 cm³/mol. The highest BCUT2D eigenvalue weighted by Crippen LogP contribution is 2.30. The number of aryl methyl sites for hydroxylation is 1. The Kier molecular flexibility index (Phi) is 6.72. The van der Waals surface area contributed by atoms with E-state index in [1.54, 1.807) is 47.3 Å². The van der Waals surface area contributed by atoms with Crippen molar-refractivity contribution in [1.29, 1.82) is 0 Å². The van der Waals surface area contributed by atoms with Crippen molar-refractivity contribution in [1.82, 2.24) is 14.8 Å². The number of carbonyl (C=O) groups excluding carboxylic acids is 2. The number of aromatic hydroxyl groups is 1. The highest BCUT2D eigenvalue weighted by Gasteiger charge is 2.38. The molecule has 1 saturated heterocycles. The third-order valence-electron chi connectivity index (χ3n) is 4.15. The molecule has 1 aliphatic rings. The lowest BCUT2D eigenvalue weighted by Gasteiger charge is -2.28. The number of phenols is 1. The number of benzene rings is 1. The van der Waals surface area contributed by atoms with Crippen LogP contribution in [0.4, 0.5) is 0 Å². The van der Waals surface area contributed by atoms with Crippen LogP contribution in [0.1, 0.15) is 37.1 Å². The van der Waals surface area contributed by atoms with Gasteiger partial charge in [-0.1, -0.05) is 25.1 Å². The van der Waals surface area contributed by atoms with Crippen LogP contribution in [0.2, 0.25) is 0 Å². The zero-order valence-electron chi connectivity index (χ0n) is 15.4. The molecule has 1 unspecified atom stereocenters. The lowest BCUT2D eigenvalue weighted by atomic mass is 10.1. The quantitative estimate of drug-likeness (QED) is 0.919. The van der Waals surface area contributed by atoms with Crippen molar-refractivity contribution in [2.45, 2.75) is 32.9 Å². The molecule has 2 amide bonds. The standard InChI is InChI=1S/C14H18N2O3.C6H7N/c1-3-4-12(18)16-9-13(19)15(2)14(16)10-5-7-11(17)8-6-10;1-6-3-2-4-7-5-6/h5-8,14,17H,3-4,9H2,1-2H3;2-5H,1H3. The second-order valence-corrected chi connectivity index (χ2v) is 6.27. The van der Waals surface area contributed by atoms with Gasteiger partial charge in [-0.2, -0.15) is 0 Å². The van der Waals surface area contributed by atoms with Gasteiger partial charge in [-0.3, -0.25) is 14.6 Å². The topological polar surface area (TPSA) is 73.7 Å². The second-order valence-electron chi connectivity index (χ2n) is 6.27. The van der Waals surface area contributed by atoms with Gasteiger partial charge in [0.25, 0.3) is 0 Å². The molecule has 2 heterocycles. The molecular weight excluding hydrogens is 330 g/mol. The first-order valence-corrected chi connectivity index (χ1v) is 8.64. The van der Waals surface area contributed by atoms with Crippen molar-refractivity contribution < 1.29 is 14.7 Å². The number of hydrogen-bond donors (Lipinski definition) is 1. The molecule has 0 spiro atoms. The zero-order valence-corrected chi connectivity index (χ0v) is 15.4. The molecule has 6 nitrogen and oxygen atoms in total. The number of pyridine rings is 1. The van der Waals surface area contributed by atoms with E-state index < -0.39 is 0 Å². The fraction of sp³-hybridized carbons (Fsp3) is 0.350. The average Bonchev–Trinajstić information content (AvgIpc) is 2.93. The molecule has 0 aliphatic carbocycles. The number of carbonyl (C=O) groups is 2. The lowest BCUT2D eigenvalue weighted by Crippen LogP contribution is -2.33. The van der Waals surface area contributed by atoms with E-state index in [9.17, 15) is 14.7 Å². The summed E-state index contributed by atoms with van der Waals surface area (Å²) in [7, 11) is 1.69. The summed E-state index contributed by atoms with van der Waals surface area (Å²) in [6, 6.07) is 10.5. The first-order chi connectivity index (χ1) is 12.4. The van der Waals surface area contributed by atoms with Crippen LogP contribution in [-0.2, 0) is 9.59 Å². The Morgan fingerprint density at radius 3 is 2.46 bits per heavy atom. The Hall–Kier alpha value is -2.89. The zero-order chi connectivity index (χ0) is 19.1. The minimum Gasteiger partial charge on any atom is -0.508 e. The Morgan fingerprint density at radius 2 is 1.96 bits per heavy atom. The summed E-state index contributed by atoms with van der Waals surface area (Å²) in [5.41, 5.74) is 2.04. The Balaban J connectivity index is 0.000000290. The number of rotatable bonds is 3. The van der Waals surface area contributed by atoms with Gasteiger partial charge >= 0.3 is 0 Å². The van der Waals surface area contributed by atoms with Crippen LogP contribution in [0.25, 0.3) is 0 Å². The molecule has 1 fully saturated rings. The predicted octanol–water partition coefficient (Wildman–Crippen LogP) is 2.88. The number of aromatic nitrogens is 1. The first-order valence-electron chi connectivity index (χ1n) is 8.64. The van der Waals surface area contributed by atoms with Crippen molar-refractivity contribution >= 4 is 11.8 Å². The molecule has 3 rings (SSSR count). The van der Waals surface area contributed by atoms with Crippen LogP contribution >= 0.6 is 0 Å². The van der Waals surface area contributed by atoms with Crippen molar-refractivity contribution in [3.63, 3.8) is 0 Å². The molecule has 1 aromatic carbocycles. The number of amides is 2. The number of phenolic OH excluding ortho intramolecular Hbond substituents is 1. The smallest absolute Gasteiger partial charge is 0.243 e. The fourth-order valence-electron chi connectivity index (χ4n) is 2.77. The van der Waals surface area contributed by atoms with Gasteiger partial charge in [0, 0.05) is 25.9 Å². The largest absolute Gasteiger partial charge is 0.508 e. The van der Waals surface area contributed by atoms with E-state index in [2.05, 4.69) is 4.98 Å². The Morgan fingerprint density at radius 1 is 1.27 bits per heavy atom. The summed E-state index contributed by atoms with van der Waals surface area (Å²) in [5, 5.41) is 9.32. The molecule has 138 valence electrons. The van der Waals surface area contributed by atoms with Crippen molar-refractivity contribution in [3.8, 4) is 5.75 Å². The maximum Gasteiger partial charge on any atom is 0.243 e. The van der Waals surface area contributed by atoms with Crippen LogP contribution in [0, 0.1) is 6.92 Å². The van der Waals surface area contributed by atoms with E-state index in [-0.39, 0.29) is 30.3 Å². The van der Waals surface area contributed by atoms with E-state index in [1.807, 2.05) is 32.2 Å². The van der Waals surface area contributed by atoms with Crippen molar-refractivity contribution in [2.75, 3.05) is 13.6 Å². The van der Waals surface area contributed by atoms with Crippen LogP contribution in [0.15, 0.2) is 48.8 Å². The molecule has 0 bridgehead atoms. The Labute approximate surface area is 154 Å². The minimum absolute atomic E-state index is 0.0155. The van der Waals surface area contributed by atoms with Gasteiger partial charge in [0.05, 0.1) is 0 Å². The molecule has 6 heteroatoms. The average molecular weight is 355 g/mol. The highest BCUT2D eigenvalue weighted by molar-refractivity contribution is 5.88. The van der Waals surface area contributed by atoms with Gasteiger partial charge in [-0.05, 0) is 42.7 Å². The monoisotopic (exact) mass is 355 g/mol. The molecule has 0 radical (unpaired) electrons. The van der Waals surface area contributed by atoms with Crippen molar-refractivity contribution in [2.24, 2.45) is 0 Å². The highest BCUT2D eigenvalue weighted by atomic mass is 16.3. The maximum absolute atomic E-state index is 12.1. The van der Waals surface area contributed by atoms with Gasteiger partial charge in [0.15, 0.2) is 0 Å². The summed E-state index contributed by atoms with van der Waals surface area (Å²) in [6.45, 7) is 4.09. The molecule has 26 heavy (non-hydrogen) atoms. The van der Waals surface area contributed by atoms with Gasteiger partial charge in [0.2, 0.25) is 11.8 Å². The summed E-state index contributed by atoms with van der Waals surface area (Å²) < 4.78 is 0. The van der Waals surface area contributed by atoms with Crippen LogP contribution in [0.5, 0.6) is 5.75 Å². The number of nitrogens with zero attached hydrogens (tertiary/aromatic N) is 3. The van der Waals surface area contributed by atoms with Crippen LogP contribution in [-0.4, -0.2) is 45.3 Å². The third-order valence-corrected chi connectivity index (χ3v) is 4.15. The third kappa shape index (κ3) is 4.81. The maximum atomic E-state index is 12.1. The number of likely N-dealkylation sites (N-methyl/N-ethyl adjacent to an activating group) is 1. The van der Waals surface area contributed by atoms with Gasteiger partial charge < -0.3 is 14.9 Å². The SMILES string of the molecule is CCCC(=O)N1CC(=O)N(C)C1c1ccc(O)cc1.Cc1cccnc1. The van der Waals surface area contributed by atoms with E-state index in [0.29, 0.717) is 6.42 Å². The van der Waals surface area contributed by atoms with Crippen LogP contribution in [0.3, 0.4) is 0 Å². The van der Waals surface area contributed by atoms with E-state index >= 15 is 0 Å². The fourth-order valence-corrected chi connectivity index (χ4v) is 2.77. The van der Waals surface area contributed by atoms with Gasteiger partial charge in [0.1, 0.15) is 18.5 Å². The molecule has 1 atom stereocenters. The first kappa shape index (κ1) is 19.4. The molecule has 0 saturated carbocycles.